The molecule has 6 aliphatic rings. The van der Waals surface area contributed by atoms with E-state index in [1.54, 1.807) is 13.8 Å². The molecule has 5 aliphatic carbocycles. The molecule has 6 nitrogen and oxygen atoms in total. The Labute approximate surface area is 326 Å². The highest BCUT2D eigenvalue weighted by Crippen LogP contribution is 2.73. The summed E-state index contributed by atoms with van der Waals surface area (Å²) in [6, 6.07) is 10.9. The number of aliphatic hydroxyl groups is 1. The second-order valence-corrected chi connectivity index (χ2v) is 21.3. The van der Waals surface area contributed by atoms with E-state index in [0.29, 0.717) is 48.3 Å². The lowest BCUT2D eigenvalue weighted by Crippen LogP contribution is -2.63. The SMILES string of the molecule is CC(C)C1=C2C3CCC4C(C)(CCC5C(C)(C)C(OC(=O)CC(C)(C)C=O)CCC54C)C3CCC2(C(O)CN2CCC(Cc3ccccc3)CC2)CC1=O. The van der Waals surface area contributed by atoms with Crippen molar-refractivity contribution in [3.05, 3.63) is 47.0 Å². The van der Waals surface area contributed by atoms with Gasteiger partial charge in [-0.15, -0.1) is 0 Å². The third kappa shape index (κ3) is 6.79. The van der Waals surface area contributed by atoms with Gasteiger partial charge in [0.05, 0.1) is 12.5 Å². The minimum atomic E-state index is -0.710. The molecule has 6 heteroatoms. The first-order valence-corrected chi connectivity index (χ1v) is 21.8. The molecule has 1 N–H and O–H groups in total. The molecule has 298 valence electrons. The average molecular weight is 742 g/mol. The summed E-state index contributed by atoms with van der Waals surface area (Å²) >= 11 is 0. The number of nitrogens with zero attached hydrogens (tertiary/aromatic N) is 1. The maximum absolute atomic E-state index is 14.1. The molecular weight excluding hydrogens is 671 g/mol. The summed E-state index contributed by atoms with van der Waals surface area (Å²) in [5.74, 6) is 2.81. The van der Waals surface area contributed by atoms with Gasteiger partial charge in [-0.25, -0.2) is 0 Å². The molecule has 4 saturated carbocycles. The summed E-state index contributed by atoms with van der Waals surface area (Å²) in [5.41, 5.74) is 2.89. The number of rotatable bonds is 10. The van der Waals surface area contributed by atoms with Crippen molar-refractivity contribution in [3.63, 3.8) is 0 Å². The van der Waals surface area contributed by atoms with Crippen molar-refractivity contribution in [2.45, 2.75) is 151 Å². The van der Waals surface area contributed by atoms with Gasteiger partial charge >= 0.3 is 5.97 Å². The van der Waals surface area contributed by atoms with E-state index in [1.165, 1.54) is 11.1 Å². The number of hydrogen-bond acceptors (Lipinski definition) is 6. The standard InChI is InChI=1S/C48H71NO5/c1-31(2)42-36(51)27-48(39(52)29-49-24-19-33(20-25-49)26-32-12-10-9-11-13-32)23-16-35-34(43(42)48)14-15-38-46(35,7)21-17-37-45(5,6)40(18-22-47(37,38)8)54-41(53)28-44(3,4)30-50/h9-13,30-31,33-35,37-40,52H,14-29H2,1-8H3. The first-order chi connectivity index (χ1) is 25.4. The molecular formula is C48H71NO5. The van der Waals surface area contributed by atoms with E-state index in [1.807, 2.05) is 0 Å². The largest absolute Gasteiger partial charge is 0.462 e. The normalized spacial score (nSPS) is 37.6. The molecule has 7 rings (SSSR count). The topological polar surface area (TPSA) is 83.9 Å². The molecule has 1 heterocycles. The van der Waals surface area contributed by atoms with Crippen LogP contribution in [0.25, 0.3) is 0 Å². The molecule has 0 radical (unpaired) electrons. The Kier molecular flexibility index (Phi) is 10.8. The summed E-state index contributed by atoms with van der Waals surface area (Å²) < 4.78 is 6.23. The van der Waals surface area contributed by atoms with Crippen LogP contribution in [0.15, 0.2) is 41.5 Å². The van der Waals surface area contributed by atoms with E-state index in [0.717, 1.165) is 95.6 Å². The summed E-state index contributed by atoms with van der Waals surface area (Å²) in [5, 5.41) is 12.4. The fourth-order valence-corrected chi connectivity index (χ4v) is 14.3. The number of aliphatic hydroxyl groups excluding tert-OH is 1. The first-order valence-electron chi connectivity index (χ1n) is 21.8. The second-order valence-electron chi connectivity index (χ2n) is 21.3. The van der Waals surface area contributed by atoms with E-state index < -0.39 is 16.9 Å². The van der Waals surface area contributed by atoms with Gasteiger partial charge in [0.2, 0.25) is 0 Å². The second kappa shape index (κ2) is 14.6. The monoisotopic (exact) mass is 742 g/mol. The molecule has 0 aromatic heterocycles. The van der Waals surface area contributed by atoms with Crippen LogP contribution in [-0.2, 0) is 25.5 Å². The van der Waals surface area contributed by atoms with E-state index in [9.17, 15) is 19.5 Å². The number of allylic oxidation sites excluding steroid dienone is 1. The number of ether oxygens (including phenoxy) is 1. The summed E-state index contributed by atoms with van der Waals surface area (Å²) in [6.45, 7) is 20.6. The van der Waals surface area contributed by atoms with Crippen molar-refractivity contribution in [1.29, 1.82) is 0 Å². The minimum absolute atomic E-state index is 0.120. The van der Waals surface area contributed by atoms with Crippen LogP contribution in [0.4, 0.5) is 0 Å². The quantitative estimate of drug-likeness (QED) is 0.190. The smallest absolute Gasteiger partial charge is 0.307 e. The zero-order chi connectivity index (χ0) is 38.8. The number of benzene rings is 1. The Morgan fingerprint density at radius 1 is 0.926 bits per heavy atom. The number of Topliss-reactive ketones (excluding diaryl/α,β-unsaturated/α-hetero) is 1. The summed E-state index contributed by atoms with van der Waals surface area (Å²) in [7, 11) is 0. The van der Waals surface area contributed by atoms with Crippen molar-refractivity contribution in [3.8, 4) is 0 Å². The predicted octanol–water partition coefficient (Wildman–Crippen LogP) is 9.42. The predicted molar refractivity (Wildman–Crippen MR) is 214 cm³/mol. The van der Waals surface area contributed by atoms with Gasteiger partial charge in [0.15, 0.2) is 5.78 Å². The van der Waals surface area contributed by atoms with Gasteiger partial charge in [-0.05, 0) is 141 Å². The third-order valence-corrected chi connectivity index (χ3v) is 16.9. The van der Waals surface area contributed by atoms with Gasteiger partial charge in [0.1, 0.15) is 12.4 Å². The maximum Gasteiger partial charge on any atom is 0.307 e. The molecule has 9 atom stereocenters. The number of aldehydes is 1. The van der Waals surface area contributed by atoms with E-state index in [2.05, 4.69) is 76.8 Å². The lowest BCUT2D eigenvalue weighted by Gasteiger charge is -2.69. The van der Waals surface area contributed by atoms with Gasteiger partial charge in [-0.2, -0.15) is 0 Å². The van der Waals surface area contributed by atoms with Crippen LogP contribution >= 0.6 is 0 Å². The molecule has 0 bridgehead atoms. The van der Waals surface area contributed by atoms with Gasteiger partial charge in [0, 0.05) is 29.2 Å². The van der Waals surface area contributed by atoms with Crippen LogP contribution in [0, 0.1) is 62.6 Å². The molecule has 0 amide bonds. The Morgan fingerprint density at radius 2 is 1.61 bits per heavy atom. The highest BCUT2D eigenvalue weighted by Gasteiger charge is 2.67. The lowest BCUT2D eigenvalue weighted by atomic mass is 9.36. The van der Waals surface area contributed by atoms with Gasteiger partial charge in [0.25, 0.3) is 0 Å². The van der Waals surface area contributed by atoms with Crippen LogP contribution in [-0.4, -0.2) is 59.9 Å². The van der Waals surface area contributed by atoms with Crippen molar-refractivity contribution < 1.29 is 24.2 Å². The van der Waals surface area contributed by atoms with Crippen LogP contribution in [0.3, 0.4) is 0 Å². The van der Waals surface area contributed by atoms with Crippen molar-refractivity contribution in [2.24, 2.45) is 62.6 Å². The van der Waals surface area contributed by atoms with Crippen LogP contribution in [0.5, 0.6) is 0 Å². The third-order valence-electron chi connectivity index (χ3n) is 16.9. The first kappa shape index (κ1) is 39.9. The molecule has 1 aromatic carbocycles. The molecule has 1 aromatic rings. The fraction of sp³-hybridized carbons (Fsp3) is 0.771. The minimum Gasteiger partial charge on any atom is -0.462 e. The Balaban J connectivity index is 1.08. The number of likely N-dealkylation sites (tertiary alicyclic amines) is 1. The number of esters is 1. The highest BCUT2D eigenvalue weighted by molar-refractivity contribution is 6.00. The molecule has 1 saturated heterocycles. The fourth-order valence-electron chi connectivity index (χ4n) is 14.3. The Morgan fingerprint density at radius 3 is 2.28 bits per heavy atom. The number of hydrogen-bond donors (Lipinski definition) is 1. The van der Waals surface area contributed by atoms with Crippen molar-refractivity contribution in [2.75, 3.05) is 19.6 Å². The van der Waals surface area contributed by atoms with Gasteiger partial charge in [-0.3, -0.25) is 9.59 Å². The summed E-state index contributed by atoms with van der Waals surface area (Å²) in [6.07, 6.45) is 12.7. The number of β-amino-alcohol motifs (C(OH)–C–C–N with tert-alkyl or cyclic N) is 1. The zero-order valence-corrected chi connectivity index (χ0v) is 34.9. The van der Waals surface area contributed by atoms with Crippen LogP contribution in [0.2, 0.25) is 0 Å². The number of fused-ring (bicyclic) bond motifs is 7. The summed E-state index contributed by atoms with van der Waals surface area (Å²) in [4.78, 5) is 41.2. The lowest BCUT2D eigenvalue weighted by molar-refractivity contribution is -0.214. The van der Waals surface area contributed by atoms with Crippen molar-refractivity contribution >= 4 is 18.0 Å². The Hall–Kier alpha value is -2.31. The number of carbonyl (C=O) groups excluding carboxylic acids is 3. The molecule has 5 fully saturated rings. The number of ketones is 1. The maximum atomic E-state index is 14.1. The average Bonchev–Trinajstić information content (AvgIpc) is 3.44. The van der Waals surface area contributed by atoms with Gasteiger partial charge in [-0.1, -0.05) is 91.3 Å². The number of piperidine rings is 1. The highest BCUT2D eigenvalue weighted by atomic mass is 16.5. The van der Waals surface area contributed by atoms with E-state index >= 15 is 0 Å². The molecule has 1 aliphatic heterocycles. The van der Waals surface area contributed by atoms with E-state index in [4.69, 9.17) is 4.74 Å². The molecule has 54 heavy (non-hydrogen) atoms. The van der Waals surface area contributed by atoms with Crippen molar-refractivity contribution in [1.82, 2.24) is 4.90 Å². The number of carbonyl (C=O) groups is 3. The van der Waals surface area contributed by atoms with Gasteiger partial charge < -0.3 is 19.5 Å². The van der Waals surface area contributed by atoms with Crippen LogP contribution in [0.1, 0.15) is 138 Å². The zero-order valence-electron chi connectivity index (χ0n) is 34.9. The Bertz CT molecular complexity index is 1600. The molecule has 9 unspecified atom stereocenters. The molecule has 0 spiro atoms. The van der Waals surface area contributed by atoms with E-state index in [-0.39, 0.29) is 40.7 Å². The van der Waals surface area contributed by atoms with Crippen LogP contribution < -0.4 is 0 Å².